The Hall–Kier alpha value is -2.82. The number of aromatic amines is 1. The van der Waals surface area contributed by atoms with E-state index >= 15 is 0 Å². The number of benzene rings is 2. The zero-order valence-corrected chi connectivity index (χ0v) is 15.9. The van der Waals surface area contributed by atoms with Crippen LogP contribution in [0.3, 0.4) is 0 Å². The Balaban J connectivity index is 1.65. The van der Waals surface area contributed by atoms with Gasteiger partial charge in [-0.3, -0.25) is 4.79 Å². The number of carbonyl (C=O) groups excluding carboxylic acids is 1. The largest absolute Gasteiger partial charge is 0.484 e. The fourth-order valence-corrected chi connectivity index (χ4v) is 4.62. The maximum atomic E-state index is 12.0. The number of aryl methyl sites for hydroxylation is 1. The van der Waals surface area contributed by atoms with Crippen molar-refractivity contribution in [2.75, 3.05) is 11.9 Å². The standard InChI is InChI=1S/C22H23N3O2/c1-13-23-18-10-19(25(3)14(2)26)17-8-9-22(27-21(17)20(18)24-13)11-15-6-4-5-7-16(15)12-22/h4-7,10H,8-9,11-12H2,1-3H3,(H,23,24). The number of ether oxygens (including phenoxy) is 1. The van der Waals surface area contributed by atoms with Crippen molar-refractivity contribution in [1.82, 2.24) is 9.97 Å². The molecule has 138 valence electrons. The average molecular weight is 361 g/mol. The third kappa shape index (κ3) is 2.45. The Labute approximate surface area is 158 Å². The molecule has 1 N–H and O–H groups in total. The van der Waals surface area contributed by atoms with Crippen LogP contribution in [0.4, 0.5) is 5.69 Å². The summed E-state index contributed by atoms with van der Waals surface area (Å²) in [5, 5.41) is 0. The van der Waals surface area contributed by atoms with Crippen LogP contribution >= 0.6 is 0 Å². The number of hydrogen-bond acceptors (Lipinski definition) is 3. The van der Waals surface area contributed by atoms with Gasteiger partial charge in [-0.05, 0) is 37.0 Å². The molecular weight excluding hydrogens is 338 g/mol. The first-order chi connectivity index (χ1) is 13.0. The van der Waals surface area contributed by atoms with Gasteiger partial charge in [0, 0.05) is 32.4 Å². The summed E-state index contributed by atoms with van der Waals surface area (Å²) < 4.78 is 6.74. The van der Waals surface area contributed by atoms with Crippen molar-refractivity contribution in [1.29, 1.82) is 0 Å². The molecule has 2 aromatic carbocycles. The smallest absolute Gasteiger partial charge is 0.223 e. The molecule has 0 radical (unpaired) electrons. The molecule has 0 saturated carbocycles. The first kappa shape index (κ1) is 16.4. The Morgan fingerprint density at radius 2 is 1.96 bits per heavy atom. The van der Waals surface area contributed by atoms with Crippen LogP contribution in [0.15, 0.2) is 30.3 Å². The van der Waals surface area contributed by atoms with Crippen molar-refractivity contribution in [3.8, 4) is 5.75 Å². The maximum absolute atomic E-state index is 12.0. The second-order valence-electron chi connectivity index (χ2n) is 7.91. The molecule has 5 heteroatoms. The Morgan fingerprint density at radius 3 is 2.63 bits per heavy atom. The second kappa shape index (κ2) is 5.59. The fraction of sp³-hybridized carbons (Fsp3) is 0.364. The highest BCUT2D eigenvalue weighted by molar-refractivity contribution is 5.97. The number of nitrogens with zero attached hydrogens (tertiary/aromatic N) is 2. The van der Waals surface area contributed by atoms with Gasteiger partial charge in [-0.2, -0.15) is 0 Å². The van der Waals surface area contributed by atoms with Crippen LogP contribution in [-0.4, -0.2) is 28.5 Å². The molecule has 0 unspecified atom stereocenters. The predicted octanol–water partition coefficient (Wildman–Crippen LogP) is 3.72. The lowest BCUT2D eigenvalue weighted by atomic mass is 9.87. The maximum Gasteiger partial charge on any atom is 0.223 e. The highest BCUT2D eigenvalue weighted by Gasteiger charge is 2.43. The van der Waals surface area contributed by atoms with E-state index in [1.807, 2.05) is 20.0 Å². The van der Waals surface area contributed by atoms with Crippen molar-refractivity contribution in [2.24, 2.45) is 0 Å². The number of hydrogen-bond donors (Lipinski definition) is 1. The first-order valence-electron chi connectivity index (χ1n) is 9.48. The van der Waals surface area contributed by atoms with E-state index in [0.717, 1.165) is 59.5 Å². The zero-order chi connectivity index (χ0) is 18.8. The number of amides is 1. The van der Waals surface area contributed by atoms with Gasteiger partial charge in [-0.1, -0.05) is 24.3 Å². The molecule has 1 aliphatic carbocycles. The number of imidazole rings is 1. The second-order valence-corrected chi connectivity index (χ2v) is 7.91. The Bertz CT molecular complexity index is 1060. The summed E-state index contributed by atoms with van der Waals surface area (Å²) in [6.07, 6.45) is 3.70. The van der Waals surface area contributed by atoms with Crippen molar-refractivity contribution >= 4 is 22.6 Å². The minimum absolute atomic E-state index is 0.0151. The van der Waals surface area contributed by atoms with Crippen LogP contribution in [0, 0.1) is 6.92 Å². The van der Waals surface area contributed by atoms with Gasteiger partial charge in [0.05, 0.1) is 11.2 Å². The van der Waals surface area contributed by atoms with E-state index < -0.39 is 0 Å². The summed E-state index contributed by atoms with van der Waals surface area (Å²) in [7, 11) is 1.82. The molecule has 5 nitrogen and oxygen atoms in total. The molecule has 2 aliphatic rings. The summed E-state index contributed by atoms with van der Waals surface area (Å²) in [6.45, 7) is 3.54. The summed E-state index contributed by atoms with van der Waals surface area (Å²) in [5.74, 6) is 1.72. The number of fused-ring (bicyclic) bond motifs is 4. The normalized spacial score (nSPS) is 16.9. The SMILES string of the molecule is CC(=O)N(C)c1cc2[nH]c(C)nc2c2c1CCC1(Cc3ccccc3C1)O2. The van der Waals surface area contributed by atoms with Gasteiger partial charge in [0.1, 0.15) is 16.9 Å². The lowest BCUT2D eigenvalue weighted by molar-refractivity contribution is -0.116. The highest BCUT2D eigenvalue weighted by Crippen LogP contribution is 2.47. The molecule has 0 fully saturated rings. The van der Waals surface area contributed by atoms with Gasteiger partial charge in [0.25, 0.3) is 0 Å². The van der Waals surface area contributed by atoms with Crippen LogP contribution in [0.25, 0.3) is 11.0 Å². The predicted molar refractivity (Wildman–Crippen MR) is 105 cm³/mol. The van der Waals surface area contributed by atoms with E-state index in [4.69, 9.17) is 9.72 Å². The van der Waals surface area contributed by atoms with E-state index in [2.05, 4.69) is 29.2 Å². The van der Waals surface area contributed by atoms with Crippen LogP contribution in [-0.2, 0) is 24.1 Å². The number of carbonyl (C=O) groups is 1. The molecule has 1 spiro atoms. The van der Waals surface area contributed by atoms with Crippen molar-refractivity contribution < 1.29 is 9.53 Å². The molecular formula is C22H23N3O2. The minimum Gasteiger partial charge on any atom is -0.484 e. The van der Waals surface area contributed by atoms with Crippen molar-refractivity contribution in [2.45, 2.75) is 45.1 Å². The van der Waals surface area contributed by atoms with E-state index in [9.17, 15) is 4.79 Å². The third-order valence-corrected chi connectivity index (χ3v) is 6.06. The molecule has 27 heavy (non-hydrogen) atoms. The quantitative estimate of drug-likeness (QED) is 0.719. The minimum atomic E-state index is -0.204. The van der Waals surface area contributed by atoms with Crippen LogP contribution in [0.1, 0.15) is 35.9 Å². The van der Waals surface area contributed by atoms with Gasteiger partial charge in [-0.25, -0.2) is 4.98 Å². The van der Waals surface area contributed by atoms with Crippen molar-refractivity contribution in [3.63, 3.8) is 0 Å². The zero-order valence-electron chi connectivity index (χ0n) is 15.9. The Kier molecular flexibility index (Phi) is 3.39. The molecule has 0 atom stereocenters. The van der Waals surface area contributed by atoms with E-state index in [1.54, 1.807) is 11.8 Å². The van der Waals surface area contributed by atoms with Crippen LogP contribution in [0.2, 0.25) is 0 Å². The lowest BCUT2D eigenvalue weighted by Crippen LogP contribution is -2.41. The van der Waals surface area contributed by atoms with Gasteiger partial charge < -0.3 is 14.6 Å². The molecule has 1 amide bonds. The van der Waals surface area contributed by atoms with E-state index in [0.29, 0.717) is 0 Å². The van der Waals surface area contributed by atoms with Gasteiger partial charge in [-0.15, -0.1) is 0 Å². The monoisotopic (exact) mass is 361 g/mol. The number of aromatic nitrogens is 2. The Morgan fingerprint density at radius 1 is 1.26 bits per heavy atom. The summed E-state index contributed by atoms with van der Waals surface area (Å²) in [6, 6.07) is 10.6. The lowest BCUT2D eigenvalue weighted by Gasteiger charge is -2.37. The molecule has 2 heterocycles. The van der Waals surface area contributed by atoms with Gasteiger partial charge >= 0.3 is 0 Å². The first-order valence-corrected chi connectivity index (χ1v) is 9.48. The van der Waals surface area contributed by atoms with Gasteiger partial charge in [0.2, 0.25) is 5.91 Å². The van der Waals surface area contributed by atoms with Crippen LogP contribution in [0.5, 0.6) is 5.75 Å². The highest BCUT2D eigenvalue weighted by atomic mass is 16.5. The van der Waals surface area contributed by atoms with E-state index in [1.165, 1.54) is 11.1 Å². The van der Waals surface area contributed by atoms with Gasteiger partial charge in [0.15, 0.2) is 5.75 Å². The number of rotatable bonds is 1. The number of nitrogens with one attached hydrogen (secondary N) is 1. The molecule has 1 aromatic heterocycles. The van der Waals surface area contributed by atoms with Crippen molar-refractivity contribution in [3.05, 3.63) is 52.8 Å². The summed E-state index contributed by atoms with van der Waals surface area (Å²) in [4.78, 5) is 21.7. The molecule has 3 aromatic rings. The fourth-order valence-electron chi connectivity index (χ4n) is 4.62. The topological polar surface area (TPSA) is 58.2 Å². The number of anilines is 1. The van der Waals surface area contributed by atoms with E-state index in [-0.39, 0.29) is 11.5 Å². The molecule has 0 saturated heterocycles. The summed E-state index contributed by atoms with van der Waals surface area (Å²) in [5.41, 5.74) is 6.36. The third-order valence-electron chi connectivity index (χ3n) is 6.06. The average Bonchev–Trinajstić information content (AvgIpc) is 3.19. The molecule has 5 rings (SSSR count). The van der Waals surface area contributed by atoms with Crippen LogP contribution < -0.4 is 9.64 Å². The number of H-pyrrole nitrogens is 1. The summed E-state index contributed by atoms with van der Waals surface area (Å²) >= 11 is 0. The molecule has 1 aliphatic heterocycles. The molecule has 0 bridgehead atoms.